The molecule has 0 saturated carbocycles. The van der Waals surface area contributed by atoms with Gasteiger partial charge in [0.15, 0.2) is 0 Å². The summed E-state index contributed by atoms with van der Waals surface area (Å²) < 4.78 is 0. The third kappa shape index (κ3) is 3.81. The molecular weight excluding hydrogens is 372 g/mol. The molecular formula is C31H32. The minimum Gasteiger partial charge on any atom is -0.0654 e. The summed E-state index contributed by atoms with van der Waals surface area (Å²) in [6.45, 7) is 4.64. The highest BCUT2D eigenvalue weighted by Gasteiger charge is 2.14. The standard InChI is InChI=1S/C31H32/c1-3-5-6-7-11-22(4-2)28-15-10-14-25-20-31-27(21-29(25)28)17-16-26-18-23-12-8-9-13-24(23)19-30(26)31/h8-10,12-22H,3-7,11H2,1-2H3. The molecule has 5 aromatic rings. The summed E-state index contributed by atoms with van der Waals surface area (Å²) >= 11 is 0. The second-order valence-electron chi connectivity index (χ2n) is 9.08. The van der Waals surface area contributed by atoms with E-state index in [9.17, 15) is 0 Å². The molecule has 0 fully saturated rings. The molecule has 0 aliphatic heterocycles. The average Bonchev–Trinajstić information content (AvgIpc) is 2.81. The Morgan fingerprint density at radius 1 is 0.548 bits per heavy atom. The fraction of sp³-hybridized carbons (Fsp3) is 0.290. The molecule has 0 radical (unpaired) electrons. The lowest BCUT2D eigenvalue weighted by atomic mass is 9.86. The van der Waals surface area contributed by atoms with Crippen LogP contribution in [0.2, 0.25) is 0 Å². The molecule has 0 nitrogen and oxygen atoms in total. The molecule has 0 aromatic heterocycles. The van der Waals surface area contributed by atoms with E-state index in [1.165, 1.54) is 87.2 Å². The van der Waals surface area contributed by atoms with Crippen molar-refractivity contribution in [3.8, 4) is 0 Å². The highest BCUT2D eigenvalue weighted by molar-refractivity contribution is 6.15. The van der Waals surface area contributed by atoms with Crippen LogP contribution in [-0.4, -0.2) is 0 Å². The molecule has 5 rings (SSSR count). The summed E-state index contributed by atoms with van der Waals surface area (Å²) in [6.07, 6.45) is 7.89. The van der Waals surface area contributed by atoms with Crippen molar-refractivity contribution in [2.45, 2.75) is 58.3 Å². The first-order chi connectivity index (χ1) is 15.3. The lowest BCUT2D eigenvalue weighted by molar-refractivity contribution is 0.545. The third-order valence-electron chi connectivity index (χ3n) is 7.07. The fourth-order valence-electron chi connectivity index (χ4n) is 5.30. The van der Waals surface area contributed by atoms with Crippen molar-refractivity contribution in [3.05, 3.63) is 84.4 Å². The Kier molecular flexibility index (Phi) is 5.64. The highest BCUT2D eigenvalue weighted by Crippen LogP contribution is 2.36. The molecule has 0 aliphatic rings. The lowest BCUT2D eigenvalue weighted by Gasteiger charge is -2.18. The fourth-order valence-corrected chi connectivity index (χ4v) is 5.30. The van der Waals surface area contributed by atoms with Gasteiger partial charge in [-0.05, 0) is 91.7 Å². The van der Waals surface area contributed by atoms with Crippen LogP contribution < -0.4 is 0 Å². The second kappa shape index (κ2) is 8.71. The van der Waals surface area contributed by atoms with E-state index in [1.54, 1.807) is 0 Å². The van der Waals surface area contributed by atoms with Crippen molar-refractivity contribution < 1.29 is 0 Å². The van der Waals surface area contributed by atoms with E-state index < -0.39 is 0 Å². The molecule has 1 atom stereocenters. The average molecular weight is 405 g/mol. The number of hydrogen-bond acceptors (Lipinski definition) is 0. The van der Waals surface area contributed by atoms with Gasteiger partial charge in [-0.1, -0.05) is 94.1 Å². The number of fused-ring (bicyclic) bond motifs is 5. The monoisotopic (exact) mass is 404 g/mol. The Hall–Kier alpha value is -2.86. The maximum Gasteiger partial charge on any atom is -0.00988 e. The molecule has 0 heteroatoms. The Balaban J connectivity index is 1.64. The van der Waals surface area contributed by atoms with Crippen LogP contribution in [0.1, 0.15) is 63.9 Å². The predicted molar refractivity (Wildman–Crippen MR) is 138 cm³/mol. The van der Waals surface area contributed by atoms with Gasteiger partial charge in [-0.25, -0.2) is 0 Å². The van der Waals surface area contributed by atoms with E-state index in [1.807, 2.05) is 0 Å². The van der Waals surface area contributed by atoms with Crippen LogP contribution in [0, 0.1) is 0 Å². The summed E-state index contributed by atoms with van der Waals surface area (Å²) in [7, 11) is 0. The van der Waals surface area contributed by atoms with E-state index in [0.717, 1.165) is 0 Å². The van der Waals surface area contributed by atoms with Gasteiger partial charge in [0.1, 0.15) is 0 Å². The lowest BCUT2D eigenvalue weighted by Crippen LogP contribution is -1.99. The molecule has 0 amide bonds. The first-order valence-electron chi connectivity index (χ1n) is 12.1. The van der Waals surface area contributed by atoms with Gasteiger partial charge in [0.25, 0.3) is 0 Å². The smallest absolute Gasteiger partial charge is 0.00988 e. The molecule has 1 unspecified atom stereocenters. The Morgan fingerprint density at radius 3 is 1.90 bits per heavy atom. The van der Waals surface area contributed by atoms with Crippen molar-refractivity contribution in [3.63, 3.8) is 0 Å². The van der Waals surface area contributed by atoms with E-state index in [-0.39, 0.29) is 0 Å². The van der Waals surface area contributed by atoms with E-state index in [2.05, 4.69) is 92.7 Å². The largest absolute Gasteiger partial charge is 0.0654 e. The van der Waals surface area contributed by atoms with Crippen LogP contribution in [0.15, 0.2) is 78.9 Å². The maximum atomic E-state index is 2.45. The van der Waals surface area contributed by atoms with Crippen molar-refractivity contribution in [2.75, 3.05) is 0 Å². The third-order valence-corrected chi connectivity index (χ3v) is 7.07. The molecule has 0 spiro atoms. The summed E-state index contributed by atoms with van der Waals surface area (Å²) in [6, 6.07) is 29.8. The van der Waals surface area contributed by atoms with Crippen LogP contribution in [0.3, 0.4) is 0 Å². The predicted octanol–water partition coefficient (Wildman–Crippen LogP) is 9.76. The normalized spacial score (nSPS) is 12.8. The zero-order valence-corrected chi connectivity index (χ0v) is 18.8. The van der Waals surface area contributed by atoms with Crippen LogP contribution in [-0.2, 0) is 0 Å². The topological polar surface area (TPSA) is 0 Å². The molecule has 156 valence electrons. The highest BCUT2D eigenvalue weighted by atomic mass is 14.2. The molecule has 0 saturated heterocycles. The zero-order valence-electron chi connectivity index (χ0n) is 18.8. The van der Waals surface area contributed by atoms with Crippen molar-refractivity contribution in [2.24, 2.45) is 0 Å². The SMILES string of the molecule is CCCCCCC(CC)c1cccc2cc3c(ccc4cc5ccccc5cc43)cc12. The Labute approximate surface area is 185 Å². The van der Waals surface area contributed by atoms with Crippen molar-refractivity contribution in [1.82, 2.24) is 0 Å². The summed E-state index contributed by atoms with van der Waals surface area (Å²) in [4.78, 5) is 0. The van der Waals surface area contributed by atoms with Crippen LogP contribution in [0.25, 0.3) is 43.1 Å². The number of rotatable bonds is 7. The van der Waals surface area contributed by atoms with Gasteiger partial charge >= 0.3 is 0 Å². The molecule has 5 aromatic carbocycles. The number of benzene rings is 5. The van der Waals surface area contributed by atoms with Gasteiger partial charge < -0.3 is 0 Å². The van der Waals surface area contributed by atoms with Gasteiger partial charge in [0, 0.05) is 0 Å². The number of hydrogen-bond donors (Lipinski definition) is 0. The van der Waals surface area contributed by atoms with Gasteiger partial charge in [0.05, 0.1) is 0 Å². The van der Waals surface area contributed by atoms with Crippen LogP contribution in [0.4, 0.5) is 0 Å². The van der Waals surface area contributed by atoms with Gasteiger partial charge in [-0.2, -0.15) is 0 Å². The van der Waals surface area contributed by atoms with Crippen molar-refractivity contribution in [1.29, 1.82) is 0 Å². The van der Waals surface area contributed by atoms with E-state index in [4.69, 9.17) is 0 Å². The van der Waals surface area contributed by atoms with Crippen LogP contribution in [0.5, 0.6) is 0 Å². The van der Waals surface area contributed by atoms with E-state index >= 15 is 0 Å². The van der Waals surface area contributed by atoms with Gasteiger partial charge in [-0.15, -0.1) is 0 Å². The summed E-state index contributed by atoms with van der Waals surface area (Å²) in [5.41, 5.74) is 1.54. The molecule has 0 aliphatic carbocycles. The van der Waals surface area contributed by atoms with E-state index in [0.29, 0.717) is 5.92 Å². The van der Waals surface area contributed by atoms with Gasteiger partial charge in [0.2, 0.25) is 0 Å². The van der Waals surface area contributed by atoms with Gasteiger partial charge in [-0.3, -0.25) is 0 Å². The molecule has 0 N–H and O–H groups in total. The molecule has 0 bridgehead atoms. The second-order valence-corrected chi connectivity index (χ2v) is 9.08. The minimum absolute atomic E-state index is 0.655. The summed E-state index contributed by atoms with van der Waals surface area (Å²) in [5.74, 6) is 0.655. The Bertz CT molecular complexity index is 1360. The molecule has 31 heavy (non-hydrogen) atoms. The number of unbranched alkanes of at least 4 members (excludes halogenated alkanes) is 3. The Morgan fingerprint density at radius 2 is 1.16 bits per heavy atom. The van der Waals surface area contributed by atoms with Crippen LogP contribution >= 0.6 is 0 Å². The quantitative estimate of drug-likeness (QED) is 0.144. The minimum atomic E-state index is 0.655. The maximum absolute atomic E-state index is 2.45. The molecule has 0 heterocycles. The zero-order chi connectivity index (χ0) is 21.2. The summed E-state index contributed by atoms with van der Waals surface area (Å²) in [5, 5.41) is 10.8. The first-order valence-corrected chi connectivity index (χ1v) is 12.1. The van der Waals surface area contributed by atoms with Crippen molar-refractivity contribution >= 4 is 43.1 Å². The first kappa shape index (κ1) is 20.1.